The first kappa shape index (κ1) is 9.66. The molecule has 0 radical (unpaired) electrons. The lowest BCUT2D eigenvalue weighted by molar-refractivity contribution is -0.804. The summed E-state index contributed by atoms with van der Waals surface area (Å²) in [5.74, 6) is -0.596. The molecule has 80 valence electrons. The second-order valence-corrected chi connectivity index (χ2v) is 2.63. The molecule has 0 aliphatic rings. The Bertz CT molecular complexity index is 592. The van der Waals surface area contributed by atoms with Crippen LogP contribution in [0.2, 0.25) is 0 Å². The molecule has 2 aromatic rings. The van der Waals surface area contributed by atoms with Crippen molar-refractivity contribution >= 4 is 5.88 Å². The predicted molar refractivity (Wildman–Crippen MR) is 44.5 cm³/mol. The number of nitriles is 1. The molecule has 0 saturated carbocycles. The highest BCUT2D eigenvalue weighted by Crippen LogP contribution is 2.25. The van der Waals surface area contributed by atoms with E-state index in [-0.39, 0.29) is 16.4 Å². The van der Waals surface area contributed by atoms with Gasteiger partial charge in [-0.1, -0.05) is 0 Å². The average Bonchev–Trinajstić information content (AvgIpc) is 2.83. The van der Waals surface area contributed by atoms with Crippen LogP contribution < -0.4 is 4.90 Å². The topological polar surface area (TPSA) is 133 Å². The summed E-state index contributed by atoms with van der Waals surface area (Å²) in [5.41, 5.74) is -0.602. The first-order valence-corrected chi connectivity index (χ1v) is 3.88. The Labute approximate surface area is 86.8 Å². The molecular formula is C7H2N4O5. The van der Waals surface area contributed by atoms with Crippen LogP contribution in [0, 0.1) is 26.7 Å². The van der Waals surface area contributed by atoms with Crippen LogP contribution in [0.1, 0.15) is 5.69 Å². The van der Waals surface area contributed by atoms with Crippen molar-refractivity contribution in [2.75, 3.05) is 0 Å². The Morgan fingerprint density at radius 1 is 1.56 bits per heavy atom. The maximum absolute atomic E-state index is 10.9. The predicted octanol–water partition coefficient (Wildman–Crippen LogP) is 0.348. The number of nitro groups is 1. The third-order valence-electron chi connectivity index (χ3n) is 1.72. The molecule has 0 saturated heterocycles. The van der Waals surface area contributed by atoms with E-state index in [1.54, 1.807) is 6.07 Å². The minimum atomic E-state index is -0.749. The van der Waals surface area contributed by atoms with E-state index >= 15 is 0 Å². The van der Waals surface area contributed by atoms with E-state index in [0.717, 1.165) is 6.07 Å². The smallest absolute Gasteiger partial charge is 0.396 e. The van der Waals surface area contributed by atoms with E-state index in [4.69, 9.17) is 9.68 Å². The van der Waals surface area contributed by atoms with Gasteiger partial charge in [0.1, 0.15) is 4.92 Å². The maximum Gasteiger partial charge on any atom is 0.433 e. The molecule has 0 atom stereocenters. The van der Waals surface area contributed by atoms with Crippen LogP contribution >= 0.6 is 0 Å². The zero-order valence-corrected chi connectivity index (χ0v) is 7.48. The summed E-state index contributed by atoms with van der Waals surface area (Å²) in [5, 5.41) is 33.1. The third kappa shape index (κ3) is 1.34. The van der Waals surface area contributed by atoms with Gasteiger partial charge in [-0.3, -0.25) is 14.7 Å². The van der Waals surface area contributed by atoms with Gasteiger partial charge in [-0.25, -0.2) is 0 Å². The molecule has 0 fully saturated rings. The summed E-state index contributed by atoms with van der Waals surface area (Å²) in [7, 11) is 0. The minimum absolute atomic E-state index is 0.0819. The quantitative estimate of drug-likeness (QED) is 0.406. The standard InChI is InChI=1S/C7H2N4O5/c8-3-4-7(9-16-11(4)14)5-1-2-6(15-5)10(12)13/h1-2H. The van der Waals surface area contributed by atoms with Crippen molar-refractivity contribution in [1.29, 1.82) is 5.26 Å². The molecule has 0 unspecified atom stereocenters. The highest BCUT2D eigenvalue weighted by molar-refractivity contribution is 5.57. The normalized spacial score (nSPS) is 9.94. The number of nitrogens with zero attached hydrogens (tertiary/aromatic N) is 4. The fourth-order valence-electron chi connectivity index (χ4n) is 1.06. The van der Waals surface area contributed by atoms with Crippen molar-refractivity contribution in [3.05, 3.63) is 33.1 Å². The molecule has 0 aromatic carbocycles. The van der Waals surface area contributed by atoms with Gasteiger partial charge in [0.25, 0.3) is 0 Å². The SMILES string of the molecule is N#Cc1c(-c2ccc([N+](=O)[O-])o2)no[n+]1[O-]. The number of aromatic nitrogens is 2. The maximum atomic E-state index is 10.9. The molecule has 0 spiro atoms. The van der Waals surface area contributed by atoms with E-state index < -0.39 is 16.5 Å². The molecule has 2 heterocycles. The van der Waals surface area contributed by atoms with Crippen LogP contribution in [0.25, 0.3) is 11.5 Å². The summed E-state index contributed by atoms with van der Waals surface area (Å²) in [6.45, 7) is 0. The zero-order valence-electron chi connectivity index (χ0n) is 7.48. The van der Waals surface area contributed by atoms with Gasteiger partial charge in [0.2, 0.25) is 0 Å². The van der Waals surface area contributed by atoms with Crippen molar-refractivity contribution in [3.8, 4) is 17.5 Å². The number of furan rings is 1. The van der Waals surface area contributed by atoms with E-state index in [2.05, 4.69) is 9.79 Å². The van der Waals surface area contributed by atoms with Crippen LogP contribution in [0.5, 0.6) is 0 Å². The minimum Gasteiger partial charge on any atom is -0.396 e. The Morgan fingerprint density at radius 3 is 2.88 bits per heavy atom. The number of hydrogen-bond acceptors (Lipinski definition) is 7. The highest BCUT2D eigenvalue weighted by Gasteiger charge is 2.25. The van der Waals surface area contributed by atoms with Crippen molar-refractivity contribution in [2.24, 2.45) is 0 Å². The van der Waals surface area contributed by atoms with Gasteiger partial charge in [0, 0.05) is 0 Å². The number of hydrogen-bond donors (Lipinski definition) is 0. The second kappa shape index (κ2) is 3.35. The van der Waals surface area contributed by atoms with Crippen LogP contribution in [0.4, 0.5) is 5.88 Å². The Hall–Kier alpha value is -2.89. The molecule has 0 aliphatic heterocycles. The fourth-order valence-corrected chi connectivity index (χ4v) is 1.06. The van der Waals surface area contributed by atoms with Gasteiger partial charge in [-0.05, 0) is 11.0 Å². The van der Waals surface area contributed by atoms with Crippen molar-refractivity contribution < 1.29 is 18.9 Å². The molecule has 9 nitrogen and oxygen atoms in total. The Balaban J connectivity index is 2.51. The van der Waals surface area contributed by atoms with E-state index in [1.807, 2.05) is 0 Å². The molecule has 0 N–H and O–H groups in total. The van der Waals surface area contributed by atoms with E-state index in [0.29, 0.717) is 0 Å². The van der Waals surface area contributed by atoms with E-state index in [1.165, 1.54) is 6.07 Å². The van der Waals surface area contributed by atoms with Gasteiger partial charge < -0.3 is 9.62 Å². The van der Waals surface area contributed by atoms with Gasteiger partial charge >= 0.3 is 17.3 Å². The molecular weight excluding hydrogens is 220 g/mol. The lowest BCUT2D eigenvalue weighted by atomic mass is 10.3. The lowest BCUT2D eigenvalue weighted by Crippen LogP contribution is -2.26. The van der Waals surface area contributed by atoms with Crippen LogP contribution in [-0.4, -0.2) is 10.1 Å². The summed E-state index contributed by atoms with van der Waals surface area (Å²) >= 11 is 0. The summed E-state index contributed by atoms with van der Waals surface area (Å²) in [6, 6.07) is 3.85. The summed E-state index contributed by atoms with van der Waals surface area (Å²) < 4.78 is 8.93. The van der Waals surface area contributed by atoms with Gasteiger partial charge in [-0.2, -0.15) is 5.26 Å². The molecule has 2 aromatic heterocycles. The van der Waals surface area contributed by atoms with Crippen molar-refractivity contribution in [1.82, 2.24) is 5.16 Å². The van der Waals surface area contributed by atoms with Gasteiger partial charge in [-0.15, -0.1) is 0 Å². The molecule has 2 rings (SSSR count). The first-order chi connectivity index (χ1) is 7.63. The average molecular weight is 222 g/mol. The van der Waals surface area contributed by atoms with Crippen molar-refractivity contribution in [3.63, 3.8) is 0 Å². The monoisotopic (exact) mass is 222 g/mol. The number of rotatable bonds is 2. The Kier molecular flexibility index (Phi) is 2.02. The fraction of sp³-hybridized carbons (Fsp3) is 0. The first-order valence-electron chi connectivity index (χ1n) is 3.88. The second-order valence-electron chi connectivity index (χ2n) is 2.63. The van der Waals surface area contributed by atoms with Crippen molar-refractivity contribution in [2.45, 2.75) is 0 Å². The van der Waals surface area contributed by atoms with Gasteiger partial charge in [0.15, 0.2) is 11.8 Å². The lowest BCUT2D eigenvalue weighted by Gasteiger charge is -1.84. The van der Waals surface area contributed by atoms with E-state index in [9.17, 15) is 15.3 Å². The molecule has 0 bridgehead atoms. The largest absolute Gasteiger partial charge is 0.433 e. The van der Waals surface area contributed by atoms with Crippen LogP contribution in [-0.2, 0) is 0 Å². The molecule has 0 aliphatic carbocycles. The molecule has 9 heteroatoms. The van der Waals surface area contributed by atoms with Crippen LogP contribution in [0.3, 0.4) is 0 Å². The summed E-state index contributed by atoms with van der Waals surface area (Å²) in [4.78, 5) is 9.48. The molecule has 0 amide bonds. The Morgan fingerprint density at radius 2 is 2.31 bits per heavy atom. The summed E-state index contributed by atoms with van der Waals surface area (Å²) in [6.07, 6.45) is 0. The third-order valence-corrected chi connectivity index (χ3v) is 1.72. The molecule has 16 heavy (non-hydrogen) atoms. The zero-order chi connectivity index (χ0) is 11.7. The highest BCUT2D eigenvalue weighted by atomic mass is 16.8. The van der Waals surface area contributed by atoms with Gasteiger partial charge in [0.05, 0.1) is 11.2 Å². The van der Waals surface area contributed by atoms with Crippen LogP contribution in [0.15, 0.2) is 21.2 Å².